The zero-order valence-electron chi connectivity index (χ0n) is 9.93. The lowest BCUT2D eigenvalue weighted by Crippen LogP contribution is -1.98. The highest BCUT2D eigenvalue weighted by atomic mass is 16.3. The van der Waals surface area contributed by atoms with Gasteiger partial charge in [0.2, 0.25) is 0 Å². The van der Waals surface area contributed by atoms with Crippen LogP contribution in [-0.4, -0.2) is 10.2 Å². The van der Waals surface area contributed by atoms with Crippen LogP contribution in [0.2, 0.25) is 0 Å². The Morgan fingerprint density at radius 2 is 1.50 bits per heavy atom. The van der Waals surface area contributed by atoms with E-state index in [-0.39, 0.29) is 13.2 Å². The monoisotopic (exact) mass is 238 g/mol. The van der Waals surface area contributed by atoms with Crippen molar-refractivity contribution in [2.45, 2.75) is 13.2 Å². The van der Waals surface area contributed by atoms with Gasteiger partial charge in [-0.1, -0.05) is 36.3 Å². The number of aliphatic hydroxyl groups is 2. The van der Waals surface area contributed by atoms with Gasteiger partial charge in [-0.3, -0.25) is 0 Å². The van der Waals surface area contributed by atoms with Crippen molar-refractivity contribution in [3.05, 3.63) is 59.2 Å². The topological polar surface area (TPSA) is 40.5 Å². The lowest BCUT2D eigenvalue weighted by Gasteiger charge is -2.13. The van der Waals surface area contributed by atoms with Gasteiger partial charge in [0, 0.05) is 5.56 Å². The second-order valence-electron chi connectivity index (χ2n) is 4.00. The average molecular weight is 238 g/mol. The van der Waals surface area contributed by atoms with Crippen LogP contribution >= 0.6 is 0 Å². The molecule has 0 unspecified atom stereocenters. The molecule has 90 valence electrons. The summed E-state index contributed by atoms with van der Waals surface area (Å²) in [6.45, 7) is -0.209. The van der Waals surface area contributed by atoms with Gasteiger partial charge < -0.3 is 10.2 Å². The van der Waals surface area contributed by atoms with Gasteiger partial charge in [0.15, 0.2) is 0 Å². The molecule has 0 aliphatic rings. The molecule has 0 atom stereocenters. The summed E-state index contributed by atoms with van der Waals surface area (Å²) in [5.41, 5.74) is 3.97. The molecule has 0 spiro atoms. The molecule has 0 fully saturated rings. The molecule has 0 saturated carbocycles. The van der Waals surface area contributed by atoms with E-state index < -0.39 is 0 Å². The molecule has 0 aromatic heterocycles. The van der Waals surface area contributed by atoms with Crippen LogP contribution in [0, 0.1) is 12.3 Å². The maximum Gasteiger partial charge on any atom is 0.0688 e. The van der Waals surface area contributed by atoms with E-state index in [1.165, 1.54) is 0 Å². The fraction of sp³-hybridized carbons (Fsp3) is 0.125. The Bertz CT molecular complexity index is 555. The predicted molar refractivity (Wildman–Crippen MR) is 71.7 cm³/mol. The third kappa shape index (κ3) is 2.28. The molecule has 0 bridgehead atoms. The van der Waals surface area contributed by atoms with E-state index in [9.17, 15) is 10.2 Å². The average Bonchev–Trinajstić information content (AvgIpc) is 2.46. The van der Waals surface area contributed by atoms with Crippen LogP contribution in [-0.2, 0) is 13.2 Å². The Labute approximate surface area is 107 Å². The van der Waals surface area contributed by atoms with Crippen LogP contribution in [0.4, 0.5) is 0 Å². The summed E-state index contributed by atoms with van der Waals surface area (Å²) in [6.07, 6.45) is 5.37. The Morgan fingerprint density at radius 1 is 0.944 bits per heavy atom. The number of benzene rings is 2. The zero-order chi connectivity index (χ0) is 13.0. The molecule has 0 amide bonds. The van der Waals surface area contributed by atoms with Gasteiger partial charge in [-0.25, -0.2) is 0 Å². The normalized spacial score (nSPS) is 10.1. The van der Waals surface area contributed by atoms with Gasteiger partial charge in [-0.2, -0.15) is 0 Å². The summed E-state index contributed by atoms with van der Waals surface area (Å²) in [4.78, 5) is 0. The first-order valence-corrected chi connectivity index (χ1v) is 5.69. The second-order valence-corrected chi connectivity index (χ2v) is 4.00. The number of rotatable bonds is 3. The number of aliphatic hydroxyl groups excluding tert-OH is 2. The van der Waals surface area contributed by atoms with Gasteiger partial charge in [-0.05, 0) is 34.4 Å². The van der Waals surface area contributed by atoms with E-state index in [0.717, 1.165) is 22.3 Å². The molecule has 2 nitrogen and oxygen atoms in total. The fourth-order valence-corrected chi connectivity index (χ4v) is 2.08. The summed E-state index contributed by atoms with van der Waals surface area (Å²) in [6, 6.07) is 13.2. The van der Waals surface area contributed by atoms with E-state index in [0.29, 0.717) is 5.56 Å². The van der Waals surface area contributed by atoms with Crippen molar-refractivity contribution >= 4 is 0 Å². The van der Waals surface area contributed by atoms with E-state index in [1.807, 2.05) is 30.3 Å². The largest absolute Gasteiger partial charge is 0.392 e. The third-order valence-electron chi connectivity index (χ3n) is 2.87. The van der Waals surface area contributed by atoms with Crippen molar-refractivity contribution < 1.29 is 10.2 Å². The second kappa shape index (κ2) is 5.50. The molecule has 0 saturated heterocycles. The van der Waals surface area contributed by atoms with Gasteiger partial charge in [0.05, 0.1) is 13.2 Å². The van der Waals surface area contributed by atoms with Crippen molar-refractivity contribution in [1.82, 2.24) is 0 Å². The highest BCUT2D eigenvalue weighted by Gasteiger charge is 2.11. The number of hydrogen-bond acceptors (Lipinski definition) is 2. The predicted octanol–water partition coefficient (Wildman–Crippen LogP) is 2.32. The van der Waals surface area contributed by atoms with Gasteiger partial charge >= 0.3 is 0 Å². The van der Waals surface area contributed by atoms with Gasteiger partial charge in [-0.15, -0.1) is 6.42 Å². The van der Waals surface area contributed by atoms with Gasteiger partial charge in [0.25, 0.3) is 0 Å². The van der Waals surface area contributed by atoms with Crippen LogP contribution in [0.1, 0.15) is 16.7 Å². The minimum Gasteiger partial charge on any atom is -0.392 e. The van der Waals surface area contributed by atoms with Crippen molar-refractivity contribution in [2.24, 2.45) is 0 Å². The minimum absolute atomic E-state index is 0.104. The standard InChI is InChI=1S/C16H14O2/c1-2-12-8-14(10-17)16(15(9-12)11-18)13-6-4-3-5-7-13/h1,3-9,17-18H,10-11H2. The van der Waals surface area contributed by atoms with Crippen molar-refractivity contribution in [3.63, 3.8) is 0 Å². The highest BCUT2D eigenvalue weighted by molar-refractivity contribution is 5.72. The molecule has 2 N–H and O–H groups in total. The molecule has 0 aliphatic carbocycles. The van der Waals surface area contributed by atoms with Crippen LogP contribution in [0.3, 0.4) is 0 Å². The molecule has 18 heavy (non-hydrogen) atoms. The van der Waals surface area contributed by atoms with E-state index in [2.05, 4.69) is 5.92 Å². The van der Waals surface area contributed by atoms with Gasteiger partial charge in [0.1, 0.15) is 0 Å². The molecule has 0 heterocycles. The summed E-state index contributed by atoms with van der Waals surface area (Å²) >= 11 is 0. The maximum absolute atomic E-state index is 9.47. The molecule has 2 aromatic rings. The number of terminal acetylenes is 1. The molecule has 0 aliphatic heterocycles. The first-order valence-electron chi connectivity index (χ1n) is 5.69. The summed E-state index contributed by atoms with van der Waals surface area (Å²) < 4.78 is 0. The van der Waals surface area contributed by atoms with E-state index in [4.69, 9.17) is 6.42 Å². The molecule has 0 radical (unpaired) electrons. The first kappa shape index (κ1) is 12.4. The Balaban J connectivity index is 2.69. The SMILES string of the molecule is C#Cc1cc(CO)c(-c2ccccc2)c(CO)c1. The Morgan fingerprint density at radius 3 is 1.94 bits per heavy atom. The Kier molecular flexibility index (Phi) is 3.78. The third-order valence-corrected chi connectivity index (χ3v) is 2.87. The minimum atomic E-state index is -0.104. The molecular formula is C16H14O2. The first-order chi connectivity index (χ1) is 8.80. The van der Waals surface area contributed by atoms with Crippen molar-refractivity contribution in [3.8, 4) is 23.5 Å². The maximum atomic E-state index is 9.47. The molecule has 2 aromatic carbocycles. The molecule has 2 heteroatoms. The van der Waals surface area contributed by atoms with Crippen LogP contribution in [0.5, 0.6) is 0 Å². The molecular weight excluding hydrogens is 224 g/mol. The lowest BCUT2D eigenvalue weighted by molar-refractivity contribution is 0.276. The van der Waals surface area contributed by atoms with Crippen LogP contribution in [0.25, 0.3) is 11.1 Å². The van der Waals surface area contributed by atoms with Crippen molar-refractivity contribution in [1.29, 1.82) is 0 Å². The summed E-state index contributed by atoms with van der Waals surface area (Å²) in [5, 5.41) is 18.9. The van der Waals surface area contributed by atoms with Crippen LogP contribution < -0.4 is 0 Å². The van der Waals surface area contributed by atoms with E-state index >= 15 is 0 Å². The fourth-order valence-electron chi connectivity index (χ4n) is 2.08. The Hall–Kier alpha value is -2.08. The molecule has 2 rings (SSSR count). The van der Waals surface area contributed by atoms with E-state index in [1.54, 1.807) is 12.1 Å². The summed E-state index contributed by atoms with van der Waals surface area (Å²) in [7, 11) is 0. The highest BCUT2D eigenvalue weighted by Crippen LogP contribution is 2.29. The summed E-state index contributed by atoms with van der Waals surface area (Å²) in [5.74, 6) is 2.53. The zero-order valence-corrected chi connectivity index (χ0v) is 9.93. The van der Waals surface area contributed by atoms with Crippen molar-refractivity contribution in [2.75, 3.05) is 0 Å². The quantitative estimate of drug-likeness (QED) is 0.806. The lowest BCUT2D eigenvalue weighted by atomic mass is 9.93. The van der Waals surface area contributed by atoms with Crippen LogP contribution in [0.15, 0.2) is 42.5 Å². The smallest absolute Gasteiger partial charge is 0.0688 e. The number of hydrogen-bond donors (Lipinski definition) is 2.